The Hall–Kier alpha value is -0.0800. The van der Waals surface area contributed by atoms with Gasteiger partial charge in [0.05, 0.1) is 5.60 Å². The summed E-state index contributed by atoms with van der Waals surface area (Å²) in [6.07, 6.45) is 0. The smallest absolute Gasteiger partial charge is 0.0766 e. The van der Waals surface area contributed by atoms with Crippen molar-refractivity contribution in [2.75, 3.05) is 13.1 Å². The van der Waals surface area contributed by atoms with E-state index in [1.54, 1.807) is 0 Å². The van der Waals surface area contributed by atoms with Crippen LogP contribution >= 0.6 is 0 Å². The first-order valence-electron chi connectivity index (χ1n) is 4.79. The van der Waals surface area contributed by atoms with Crippen LogP contribution in [0, 0.1) is 11.8 Å². The molecule has 0 spiro atoms. The van der Waals surface area contributed by atoms with E-state index in [1.807, 2.05) is 20.8 Å². The number of rotatable bonds is 5. The summed E-state index contributed by atoms with van der Waals surface area (Å²) in [6, 6.07) is 0. The van der Waals surface area contributed by atoms with Gasteiger partial charge in [-0.05, 0) is 25.3 Å². The minimum absolute atomic E-state index is 0.303. The molecule has 0 saturated carbocycles. The fourth-order valence-corrected chi connectivity index (χ4v) is 0.818. The van der Waals surface area contributed by atoms with Gasteiger partial charge in [-0.25, -0.2) is 0 Å². The fraction of sp³-hybridized carbons (Fsp3) is 1.00. The molecule has 74 valence electrons. The van der Waals surface area contributed by atoms with Crippen LogP contribution in [0.1, 0.15) is 34.6 Å². The summed E-state index contributed by atoms with van der Waals surface area (Å²) in [7, 11) is 0. The second-order valence-corrected chi connectivity index (χ2v) is 4.54. The molecule has 1 atom stereocenters. The molecule has 2 N–H and O–H groups in total. The van der Waals surface area contributed by atoms with Crippen molar-refractivity contribution in [3.63, 3.8) is 0 Å². The molecular weight excluding hydrogens is 150 g/mol. The van der Waals surface area contributed by atoms with Gasteiger partial charge in [0.15, 0.2) is 0 Å². The van der Waals surface area contributed by atoms with Crippen LogP contribution in [0.15, 0.2) is 0 Å². The van der Waals surface area contributed by atoms with Crippen molar-refractivity contribution in [2.24, 2.45) is 11.8 Å². The van der Waals surface area contributed by atoms with E-state index in [2.05, 4.69) is 19.2 Å². The molecule has 1 unspecified atom stereocenters. The fourth-order valence-electron chi connectivity index (χ4n) is 0.818. The number of nitrogens with one attached hydrogen (secondary N) is 1. The third-order valence-electron chi connectivity index (χ3n) is 2.28. The van der Waals surface area contributed by atoms with E-state index in [9.17, 15) is 5.11 Å². The minimum atomic E-state index is -0.575. The van der Waals surface area contributed by atoms with E-state index in [0.29, 0.717) is 18.4 Å². The predicted octanol–water partition coefficient (Wildman–Crippen LogP) is 1.64. The Morgan fingerprint density at radius 2 is 1.75 bits per heavy atom. The van der Waals surface area contributed by atoms with Crippen LogP contribution in [-0.2, 0) is 0 Å². The lowest BCUT2D eigenvalue weighted by Gasteiger charge is -2.28. The molecule has 0 amide bonds. The van der Waals surface area contributed by atoms with Crippen molar-refractivity contribution in [1.29, 1.82) is 0 Å². The van der Waals surface area contributed by atoms with Crippen molar-refractivity contribution in [3.05, 3.63) is 0 Å². The molecule has 0 aromatic rings. The van der Waals surface area contributed by atoms with E-state index >= 15 is 0 Å². The zero-order chi connectivity index (χ0) is 9.78. The summed E-state index contributed by atoms with van der Waals surface area (Å²) < 4.78 is 0. The standard InChI is InChI=1S/C10H23NO/c1-8(2)6-11-7-10(5,12)9(3)4/h8-9,11-12H,6-7H2,1-5H3. The van der Waals surface area contributed by atoms with Gasteiger partial charge in [0.2, 0.25) is 0 Å². The third kappa shape index (κ3) is 4.73. The SMILES string of the molecule is CC(C)CNCC(C)(O)C(C)C. The maximum absolute atomic E-state index is 9.84. The third-order valence-corrected chi connectivity index (χ3v) is 2.28. The van der Waals surface area contributed by atoms with Gasteiger partial charge in [-0.1, -0.05) is 27.7 Å². The van der Waals surface area contributed by atoms with Gasteiger partial charge in [0.25, 0.3) is 0 Å². The van der Waals surface area contributed by atoms with Crippen LogP contribution in [0.2, 0.25) is 0 Å². The largest absolute Gasteiger partial charge is 0.389 e. The monoisotopic (exact) mass is 173 g/mol. The predicted molar refractivity (Wildman–Crippen MR) is 53.2 cm³/mol. The molecule has 0 radical (unpaired) electrons. The molecule has 0 aromatic carbocycles. The van der Waals surface area contributed by atoms with Crippen molar-refractivity contribution in [2.45, 2.75) is 40.2 Å². The molecule has 2 heteroatoms. The number of hydrogen-bond donors (Lipinski definition) is 2. The summed E-state index contributed by atoms with van der Waals surface area (Å²) in [6.45, 7) is 11.9. The van der Waals surface area contributed by atoms with Gasteiger partial charge in [0, 0.05) is 6.54 Å². The molecule has 0 aromatic heterocycles. The van der Waals surface area contributed by atoms with Crippen LogP contribution in [-0.4, -0.2) is 23.8 Å². The van der Waals surface area contributed by atoms with Crippen LogP contribution < -0.4 is 5.32 Å². The van der Waals surface area contributed by atoms with Crippen molar-refractivity contribution >= 4 is 0 Å². The van der Waals surface area contributed by atoms with Crippen LogP contribution in [0.4, 0.5) is 0 Å². The second kappa shape index (κ2) is 4.83. The van der Waals surface area contributed by atoms with E-state index in [-0.39, 0.29) is 0 Å². The zero-order valence-electron chi connectivity index (χ0n) is 9.02. The van der Waals surface area contributed by atoms with E-state index in [0.717, 1.165) is 6.54 Å². The summed E-state index contributed by atoms with van der Waals surface area (Å²) >= 11 is 0. The molecule has 0 fully saturated rings. The molecule has 0 aliphatic rings. The first-order valence-corrected chi connectivity index (χ1v) is 4.79. The molecule has 0 saturated heterocycles. The molecule has 12 heavy (non-hydrogen) atoms. The highest BCUT2D eigenvalue weighted by molar-refractivity contribution is 4.78. The normalized spacial score (nSPS) is 17.0. The second-order valence-electron chi connectivity index (χ2n) is 4.54. The van der Waals surface area contributed by atoms with E-state index in [1.165, 1.54) is 0 Å². The minimum Gasteiger partial charge on any atom is -0.389 e. The quantitative estimate of drug-likeness (QED) is 0.662. The Bertz CT molecular complexity index is 119. The molecule has 0 aliphatic heterocycles. The molecule has 0 heterocycles. The molecule has 2 nitrogen and oxygen atoms in total. The highest BCUT2D eigenvalue weighted by atomic mass is 16.3. The lowest BCUT2D eigenvalue weighted by atomic mass is 9.92. The maximum atomic E-state index is 9.84. The highest BCUT2D eigenvalue weighted by Gasteiger charge is 2.23. The van der Waals surface area contributed by atoms with Gasteiger partial charge < -0.3 is 10.4 Å². The summed E-state index contributed by atoms with van der Waals surface area (Å²) in [5.41, 5.74) is -0.575. The average molecular weight is 173 g/mol. The Kier molecular flexibility index (Phi) is 4.80. The molecular formula is C10H23NO. The zero-order valence-corrected chi connectivity index (χ0v) is 9.02. The summed E-state index contributed by atoms with van der Waals surface area (Å²) in [4.78, 5) is 0. The van der Waals surface area contributed by atoms with Crippen LogP contribution in [0.25, 0.3) is 0 Å². The first kappa shape index (κ1) is 11.9. The lowest BCUT2D eigenvalue weighted by Crippen LogP contribution is -2.43. The highest BCUT2D eigenvalue weighted by Crippen LogP contribution is 2.14. The lowest BCUT2D eigenvalue weighted by molar-refractivity contribution is 0.0138. The Morgan fingerprint density at radius 3 is 2.08 bits per heavy atom. The molecule has 0 rings (SSSR count). The van der Waals surface area contributed by atoms with Gasteiger partial charge in [-0.3, -0.25) is 0 Å². The molecule has 0 bridgehead atoms. The van der Waals surface area contributed by atoms with E-state index < -0.39 is 5.60 Å². The van der Waals surface area contributed by atoms with Gasteiger partial charge in [0.1, 0.15) is 0 Å². The van der Waals surface area contributed by atoms with Gasteiger partial charge >= 0.3 is 0 Å². The van der Waals surface area contributed by atoms with E-state index in [4.69, 9.17) is 0 Å². The van der Waals surface area contributed by atoms with Gasteiger partial charge in [-0.15, -0.1) is 0 Å². The summed E-state index contributed by atoms with van der Waals surface area (Å²) in [5, 5.41) is 13.1. The van der Waals surface area contributed by atoms with Gasteiger partial charge in [-0.2, -0.15) is 0 Å². The van der Waals surface area contributed by atoms with Crippen molar-refractivity contribution < 1.29 is 5.11 Å². The maximum Gasteiger partial charge on any atom is 0.0766 e. The Labute approximate surface area is 76.4 Å². The first-order chi connectivity index (χ1) is 5.36. The topological polar surface area (TPSA) is 32.3 Å². The Balaban J connectivity index is 3.61. The van der Waals surface area contributed by atoms with Crippen LogP contribution in [0.5, 0.6) is 0 Å². The van der Waals surface area contributed by atoms with Crippen molar-refractivity contribution in [3.8, 4) is 0 Å². The average Bonchev–Trinajstić information content (AvgIpc) is 1.85. The number of hydrogen-bond acceptors (Lipinski definition) is 2. The number of aliphatic hydroxyl groups is 1. The van der Waals surface area contributed by atoms with Crippen LogP contribution in [0.3, 0.4) is 0 Å². The Morgan fingerprint density at radius 1 is 1.25 bits per heavy atom. The summed E-state index contributed by atoms with van der Waals surface area (Å²) in [5.74, 6) is 0.949. The van der Waals surface area contributed by atoms with Crippen molar-refractivity contribution in [1.82, 2.24) is 5.32 Å². The molecule has 0 aliphatic carbocycles.